The van der Waals surface area contributed by atoms with Gasteiger partial charge >= 0.3 is 0 Å². The number of halogens is 2. The zero-order valence-corrected chi connectivity index (χ0v) is 12.2. The maximum Gasteiger partial charge on any atom is 0.266 e. The molecule has 0 fully saturated rings. The Morgan fingerprint density at radius 1 is 1.53 bits per heavy atom. The fourth-order valence-corrected chi connectivity index (χ4v) is 1.89. The number of hydrogen-bond donors (Lipinski definition) is 2. The molecule has 0 saturated heterocycles. The van der Waals surface area contributed by atoms with E-state index in [4.69, 9.17) is 4.74 Å². The third-order valence-electron chi connectivity index (χ3n) is 2.29. The number of nitrogens with one attached hydrogen (secondary N) is 2. The van der Waals surface area contributed by atoms with E-state index in [1.807, 2.05) is 22.6 Å². The van der Waals surface area contributed by atoms with Crippen molar-refractivity contribution in [3.05, 3.63) is 44.3 Å². The Kier molecular flexibility index (Phi) is 4.35. The van der Waals surface area contributed by atoms with E-state index in [1.54, 1.807) is 13.0 Å². The molecule has 2 N–H and O–H groups in total. The average molecular weight is 375 g/mol. The molecule has 100 valence electrons. The molecule has 0 aliphatic rings. The second kappa shape index (κ2) is 6.00. The fraction of sp³-hybridized carbons (Fsp3) is 0.167. The van der Waals surface area contributed by atoms with Crippen molar-refractivity contribution in [1.82, 2.24) is 9.97 Å². The number of nitrogens with zero attached hydrogens (tertiary/aromatic N) is 1. The molecule has 0 saturated carbocycles. The number of benzene rings is 1. The second-order valence-electron chi connectivity index (χ2n) is 3.60. The summed E-state index contributed by atoms with van der Waals surface area (Å²) in [4.78, 5) is 17.8. The first-order valence-corrected chi connectivity index (χ1v) is 6.62. The predicted octanol–water partition coefficient (Wildman–Crippen LogP) is 2.66. The van der Waals surface area contributed by atoms with Gasteiger partial charge in [0.1, 0.15) is 3.57 Å². The van der Waals surface area contributed by atoms with Gasteiger partial charge in [0, 0.05) is 11.8 Å². The molecule has 19 heavy (non-hydrogen) atoms. The van der Waals surface area contributed by atoms with Crippen molar-refractivity contribution in [2.75, 3.05) is 11.9 Å². The largest absolute Gasteiger partial charge is 0.491 e. The standard InChI is InChI=1S/C12H11FIN3O2/c1-2-19-9-4-3-7(5-8(9)13)17-11-10(14)12(18)16-6-15-11/h3-6H,2H2,1H3,(H2,15,16,17,18). The molecular formula is C12H11FIN3O2. The summed E-state index contributed by atoms with van der Waals surface area (Å²) in [6.07, 6.45) is 1.29. The van der Waals surface area contributed by atoms with E-state index in [-0.39, 0.29) is 11.3 Å². The summed E-state index contributed by atoms with van der Waals surface area (Å²) in [7, 11) is 0. The molecule has 1 aromatic heterocycles. The molecule has 2 rings (SSSR count). The first kappa shape index (κ1) is 13.8. The normalized spacial score (nSPS) is 10.3. The summed E-state index contributed by atoms with van der Waals surface area (Å²) >= 11 is 1.87. The second-order valence-corrected chi connectivity index (χ2v) is 4.68. The van der Waals surface area contributed by atoms with Crippen LogP contribution in [0.4, 0.5) is 15.9 Å². The highest BCUT2D eigenvalue weighted by Crippen LogP contribution is 2.23. The quantitative estimate of drug-likeness (QED) is 0.807. The van der Waals surface area contributed by atoms with E-state index in [1.165, 1.54) is 18.5 Å². The van der Waals surface area contributed by atoms with Gasteiger partial charge in [0.15, 0.2) is 17.4 Å². The van der Waals surface area contributed by atoms with E-state index >= 15 is 0 Å². The van der Waals surface area contributed by atoms with Crippen molar-refractivity contribution < 1.29 is 9.13 Å². The summed E-state index contributed by atoms with van der Waals surface area (Å²) < 4.78 is 19.2. The van der Waals surface area contributed by atoms with Crippen LogP contribution in [0.1, 0.15) is 6.92 Å². The van der Waals surface area contributed by atoms with Crippen molar-refractivity contribution in [3.8, 4) is 5.75 Å². The minimum Gasteiger partial charge on any atom is -0.491 e. The summed E-state index contributed by atoms with van der Waals surface area (Å²) in [5.41, 5.74) is 0.251. The van der Waals surface area contributed by atoms with Gasteiger partial charge in [-0.25, -0.2) is 9.37 Å². The number of hydrogen-bond acceptors (Lipinski definition) is 4. The van der Waals surface area contributed by atoms with Crippen LogP contribution in [0, 0.1) is 9.39 Å². The smallest absolute Gasteiger partial charge is 0.266 e. The lowest BCUT2D eigenvalue weighted by molar-refractivity contribution is 0.321. The van der Waals surface area contributed by atoms with Gasteiger partial charge in [-0.2, -0.15) is 0 Å². The van der Waals surface area contributed by atoms with E-state index in [2.05, 4.69) is 15.3 Å². The van der Waals surface area contributed by atoms with E-state index in [9.17, 15) is 9.18 Å². The molecule has 0 spiro atoms. The third-order valence-corrected chi connectivity index (χ3v) is 3.29. The molecule has 1 aromatic carbocycles. The number of H-pyrrole nitrogens is 1. The van der Waals surface area contributed by atoms with Crippen molar-refractivity contribution >= 4 is 34.1 Å². The van der Waals surface area contributed by atoms with Gasteiger partial charge in [0.2, 0.25) is 0 Å². The van der Waals surface area contributed by atoms with Gasteiger partial charge in [0.05, 0.1) is 12.9 Å². The highest BCUT2D eigenvalue weighted by molar-refractivity contribution is 14.1. The Morgan fingerprint density at radius 2 is 2.32 bits per heavy atom. The molecule has 2 aromatic rings. The van der Waals surface area contributed by atoms with E-state index < -0.39 is 5.82 Å². The Labute approximate surface area is 122 Å². The van der Waals surface area contributed by atoms with Crippen molar-refractivity contribution in [1.29, 1.82) is 0 Å². The number of aromatic nitrogens is 2. The molecular weight excluding hydrogens is 364 g/mol. The summed E-state index contributed by atoms with van der Waals surface area (Å²) in [6, 6.07) is 4.48. The first-order valence-electron chi connectivity index (χ1n) is 5.54. The van der Waals surface area contributed by atoms with Crippen LogP contribution < -0.4 is 15.6 Å². The Balaban J connectivity index is 2.26. The molecule has 0 aliphatic carbocycles. The Bertz CT molecular complexity index is 645. The number of aromatic amines is 1. The van der Waals surface area contributed by atoms with Crippen LogP contribution >= 0.6 is 22.6 Å². The molecule has 1 heterocycles. The summed E-state index contributed by atoms with van der Waals surface area (Å²) in [5, 5.41) is 2.89. The lowest BCUT2D eigenvalue weighted by atomic mass is 10.3. The monoisotopic (exact) mass is 375 g/mol. The zero-order valence-electron chi connectivity index (χ0n) is 10.0. The van der Waals surface area contributed by atoms with Crippen LogP contribution in [0.3, 0.4) is 0 Å². The lowest BCUT2D eigenvalue weighted by Gasteiger charge is -2.09. The molecule has 0 amide bonds. The SMILES string of the molecule is CCOc1ccc(Nc2nc[nH]c(=O)c2I)cc1F. The maximum atomic E-state index is 13.7. The topological polar surface area (TPSA) is 67.0 Å². The van der Waals surface area contributed by atoms with Crippen LogP contribution in [0.25, 0.3) is 0 Å². The summed E-state index contributed by atoms with van der Waals surface area (Å²) in [6.45, 7) is 2.19. The predicted molar refractivity (Wildman–Crippen MR) is 78.4 cm³/mol. The maximum absolute atomic E-state index is 13.7. The van der Waals surface area contributed by atoms with Gasteiger partial charge in [-0.15, -0.1) is 0 Å². The zero-order chi connectivity index (χ0) is 13.8. The number of ether oxygens (including phenoxy) is 1. The van der Waals surface area contributed by atoms with E-state index in [0.717, 1.165) is 0 Å². The Hall–Kier alpha value is -1.64. The molecule has 5 nitrogen and oxygen atoms in total. The average Bonchev–Trinajstić information content (AvgIpc) is 2.38. The lowest BCUT2D eigenvalue weighted by Crippen LogP contribution is -2.13. The van der Waals surface area contributed by atoms with Gasteiger partial charge in [-0.05, 0) is 41.6 Å². The first-order chi connectivity index (χ1) is 9.11. The van der Waals surface area contributed by atoms with Crippen LogP contribution in [0.5, 0.6) is 5.75 Å². The minimum atomic E-state index is -0.466. The van der Waals surface area contributed by atoms with Crippen molar-refractivity contribution in [2.45, 2.75) is 6.92 Å². The van der Waals surface area contributed by atoms with E-state index in [0.29, 0.717) is 21.7 Å². The van der Waals surface area contributed by atoms with Gasteiger partial charge in [-0.1, -0.05) is 0 Å². The molecule has 0 atom stereocenters. The number of anilines is 2. The van der Waals surface area contributed by atoms with Gasteiger partial charge < -0.3 is 15.0 Å². The number of rotatable bonds is 4. The minimum absolute atomic E-state index is 0.196. The Morgan fingerprint density at radius 3 is 3.00 bits per heavy atom. The molecule has 0 radical (unpaired) electrons. The van der Waals surface area contributed by atoms with Crippen molar-refractivity contribution in [3.63, 3.8) is 0 Å². The highest BCUT2D eigenvalue weighted by Gasteiger charge is 2.08. The van der Waals surface area contributed by atoms with Crippen LogP contribution in [0.15, 0.2) is 29.3 Å². The molecule has 0 unspecified atom stereocenters. The van der Waals surface area contributed by atoms with Gasteiger partial charge in [-0.3, -0.25) is 4.79 Å². The highest BCUT2D eigenvalue weighted by atomic mass is 127. The summed E-state index contributed by atoms with van der Waals surface area (Å²) in [5.74, 6) is 0.112. The third kappa shape index (κ3) is 3.22. The van der Waals surface area contributed by atoms with Crippen LogP contribution in [0.2, 0.25) is 0 Å². The van der Waals surface area contributed by atoms with Crippen LogP contribution in [-0.4, -0.2) is 16.6 Å². The molecule has 7 heteroatoms. The molecule has 0 aliphatic heterocycles. The fourth-order valence-electron chi connectivity index (χ4n) is 1.46. The molecule has 0 bridgehead atoms. The van der Waals surface area contributed by atoms with Crippen LogP contribution in [-0.2, 0) is 0 Å². The van der Waals surface area contributed by atoms with Crippen molar-refractivity contribution in [2.24, 2.45) is 0 Å². The van der Waals surface area contributed by atoms with Gasteiger partial charge in [0.25, 0.3) is 5.56 Å².